The topological polar surface area (TPSA) is 104 Å². The number of hydrogen-bond donors (Lipinski definition) is 3. The minimum atomic E-state index is -0.813. The largest absolute Gasteiger partial charge is 0.481 e. The summed E-state index contributed by atoms with van der Waals surface area (Å²) in [6, 6.07) is 7.90. The van der Waals surface area contributed by atoms with Crippen molar-refractivity contribution < 1.29 is 29.6 Å². The van der Waals surface area contributed by atoms with E-state index in [1.165, 1.54) is 0 Å². The number of ether oxygens (including phenoxy) is 1. The van der Waals surface area contributed by atoms with Crippen molar-refractivity contribution in [2.45, 2.75) is 64.3 Å². The highest BCUT2D eigenvalue weighted by Crippen LogP contribution is 2.33. The van der Waals surface area contributed by atoms with Crippen molar-refractivity contribution in [1.82, 2.24) is 0 Å². The van der Waals surface area contributed by atoms with Crippen LogP contribution < -0.4 is 0 Å². The smallest absolute Gasteiger partial charge is 0.303 e. The zero-order valence-electron chi connectivity index (χ0n) is 18.2. The van der Waals surface area contributed by atoms with Crippen LogP contribution in [0.2, 0.25) is 0 Å². The van der Waals surface area contributed by atoms with Gasteiger partial charge in [0, 0.05) is 37.7 Å². The monoisotopic (exact) mass is 430 g/mol. The molecule has 0 unspecified atom stereocenters. The molecule has 0 heterocycles. The standard InChI is InChI=1S/C25H34O6/c1-2-31-17-19-9-7-8-18(14-19)15-20(26)12-13-22-21(23(27)16-24(22)28)10-5-3-4-6-11-25(29)30/h3,5,7-9,12-14,20-22,24,26,28H,2,4,6,10-11,15-17H2,1H3,(H,29,30)/b5-3-,13-12+/t20-,21-,22-,24-/m1/s1. The van der Waals surface area contributed by atoms with E-state index < -0.39 is 18.2 Å². The number of carbonyl (C=O) groups is 2. The number of carbonyl (C=O) groups excluding carboxylic acids is 1. The molecule has 0 spiro atoms. The lowest BCUT2D eigenvalue weighted by Gasteiger charge is -2.17. The number of ketones is 1. The molecular formula is C25H34O6. The quantitative estimate of drug-likeness (QED) is 0.327. The van der Waals surface area contributed by atoms with Gasteiger partial charge in [-0.2, -0.15) is 0 Å². The highest BCUT2D eigenvalue weighted by Gasteiger charge is 2.39. The molecule has 31 heavy (non-hydrogen) atoms. The number of benzene rings is 1. The van der Waals surface area contributed by atoms with Crippen LogP contribution in [0.15, 0.2) is 48.6 Å². The van der Waals surface area contributed by atoms with Crippen molar-refractivity contribution >= 4 is 11.8 Å². The Balaban J connectivity index is 1.90. The summed E-state index contributed by atoms with van der Waals surface area (Å²) in [5.74, 6) is -1.43. The lowest BCUT2D eigenvalue weighted by Crippen LogP contribution is -2.19. The third-order valence-corrected chi connectivity index (χ3v) is 5.52. The minimum Gasteiger partial charge on any atom is -0.481 e. The number of carboxylic acid groups (broad SMARTS) is 1. The zero-order valence-corrected chi connectivity index (χ0v) is 18.2. The maximum Gasteiger partial charge on any atom is 0.303 e. The molecule has 6 nitrogen and oxygen atoms in total. The third-order valence-electron chi connectivity index (χ3n) is 5.52. The average molecular weight is 431 g/mol. The number of carboxylic acids is 1. The second-order valence-electron chi connectivity index (χ2n) is 8.03. The zero-order chi connectivity index (χ0) is 22.6. The van der Waals surface area contributed by atoms with Gasteiger partial charge in [-0.05, 0) is 37.3 Å². The molecule has 3 N–H and O–H groups in total. The van der Waals surface area contributed by atoms with Gasteiger partial charge in [-0.15, -0.1) is 0 Å². The fourth-order valence-electron chi connectivity index (χ4n) is 3.89. The van der Waals surface area contributed by atoms with E-state index in [4.69, 9.17) is 9.84 Å². The van der Waals surface area contributed by atoms with Gasteiger partial charge in [0.15, 0.2) is 0 Å². The number of hydrogen-bond acceptors (Lipinski definition) is 5. The maximum atomic E-state index is 12.3. The first-order valence-electron chi connectivity index (χ1n) is 11.0. The average Bonchev–Trinajstić information content (AvgIpc) is 2.99. The number of aliphatic hydroxyl groups is 2. The second kappa shape index (κ2) is 13.2. The van der Waals surface area contributed by atoms with Crippen LogP contribution >= 0.6 is 0 Å². The minimum absolute atomic E-state index is 0.0236. The second-order valence-corrected chi connectivity index (χ2v) is 8.03. The Morgan fingerprint density at radius 3 is 2.81 bits per heavy atom. The van der Waals surface area contributed by atoms with E-state index >= 15 is 0 Å². The molecule has 0 amide bonds. The Kier molecular flexibility index (Phi) is 10.6. The van der Waals surface area contributed by atoms with Crippen molar-refractivity contribution in [3.8, 4) is 0 Å². The summed E-state index contributed by atoms with van der Waals surface area (Å²) in [6.07, 6.45) is 8.20. The van der Waals surface area contributed by atoms with Crippen LogP contribution in [0.4, 0.5) is 0 Å². The molecule has 6 heteroatoms. The van der Waals surface area contributed by atoms with Crippen LogP contribution in [0.25, 0.3) is 0 Å². The Bertz CT molecular complexity index is 769. The van der Waals surface area contributed by atoms with E-state index in [1.807, 2.05) is 43.3 Å². The van der Waals surface area contributed by atoms with Crippen LogP contribution in [-0.4, -0.2) is 45.9 Å². The number of allylic oxidation sites excluding steroid dienone is 2. The number of unbranched alkanes of at least 4 members (excludes halogenated alkanes) is 1. The van der Waals surface area contributed by atoms with Crippen molar-refractivity contribution in [3.05, 3.63) is 59.7 Å². The number of aliphatic carboxylic acids is 1. The third kappa shape index (κ3) is 8.77. The number of Topliss-reactive ketones (excluding diaryl/α,β-unsaturated/α-hetero) is 1. The first kappa shape index (κ1) is 25.0. The molecule has 4 atom stereocenters. The molecule has 1 aliphatic carbocycles. The molecule has 1 aromatic carbocycles. The van der Waals surface area contributed by atoms with Crippen LogP contribution in [0, 0.1) is 11.8 Å². The van der Waals surface area contributed by atoms with E-state index in [0.29, 0.717) is 38.9 Å². The molecule has 2 rings (SSSR count). The highest BCUT2D eigenvalue weighted by atomic mass is 16.5. The lowest BCUT2D eigenvalue weighted by atomic mass is 9.90. The van der Waals surface area contributed by atoms with Crippen LogP contribution in [-0.2, 0) is 27.4 Å². The highest BCUT2D eigenvalue weighted by molar-refractivity contribution is 5.84. The lowest BCUT2D eigenvalue weighted by molar-refractivity contribution is -0.137. The van der Waals surface area contributed by atoms with Gasteiger partial charge < -0.3 is 20.1 Å². The van der Waals surface area contributed by atoms with Gasteiger partial charge in [0.25, 0.3) is 0 Å². The normalized spacial score (nSPS) is 22.5. The molecule has 1 fully saturated rings. The van der Waals surface area contributed by atoms with E-state index in [9.17, 15) is 19.8 Å². The molecule has 170 valence electrons. The maximum absolute atomic E-state index is 12.3. The van der Waals surface area contributed by atoms with Crippen molar-refractivity contribution in [3.63, 3.8) is 0 Å². The van der Waals surface area contributed by atoms with Crippen molar-refractivity contribution in [1.29, 1.82) is 0 Å². The molecule has 0 saturated heterocycles. The van der Waals surface area contributed by atoms with E-state index in [1.54, 1.807) is 12.2 Å². The van der Waals surface area contributed by atoms with Crippen LogP contribution in [0.5, 0.6) is 0 Å². The number of rotatable bonds is 13. The fourth-order valence-corrected chi connectivity index (χ4v) is 3.89. The van der Waals surface area contributed by atoms with Crippen molar-refractivity contribution in [2.24, 2.45) is 11.8 Å². The van der Waals surface area contributed by atoms with E-state index in [-0.39, 0.29) is 30.5 Å². The summed E-state index contributed by atoms with van der Waals surface area (Å²) in [6.45, 7) is 3.14. The van der Waals surface area contributed by atoms with E-state index in [2.05, 4.69) is 0 Å². The van der Waals surface area contributed by atoms with Gasteiger partial charge in [-0.1, -0.05) is 48.6 Å². The van der Waals surface area contributed by atoms with Gasteiger partial charge in [-0.3, -0.25) is 9.59 Å². The summed E-state index contributed by atoms with van der Waals surface area (Å²) in [4.78, 5) is 22.8. The molecule has 0 bridgehead atoms. The predicted octanol–water partition coefficient (Wildman–Crippen LogP) is 3.45. The summed E-state index contributed by atoms with van der Waals surface area (Å²) in [7, 11) is 0. The first-order chi connectivity index (χ1) is 14.9. The summed E-state index contributed by atoms with van der Waals surface area (Å²) < 4.78 is 5.42. The van der Waals surface area contributed by atoms with Gasteiger partial charge in [0.05, 0.1) is 18.8 Å². The molecule has 0 aliphatic heterocycles. The Hall–Kier alpha value is -2.28. The Labute approximate surface area is 184 Å². The van der Waals surface area contributed by atoms with E-state index in [0.717, 1.165) is 11.1 Å². The summed E-state index contributed by atoms with van der Waals surface area (Å²) in [5, 5.41) is 29.4. The summed E-state index contributed by atoms with van der Waals surface area (Å²) >= 11 is 0. The fraction of sp³-hybridized carbons (Fsp3) is 0.520. The molecule has 1 aliphatic rings. The Morgan fingerprint density at radius 2 is 2.06 bits per heavy atom. The molecule has 0 radical (unpaired) electrons. The predicted molar refractivity (Wildman–Crippen MR) is 118 cm³/mol. The van der Waals surface area contributed by atoms with Crippen LogP contribution in [0.3, 0.4) is 0 Å². The molecule has 0 aromatic heterocycles. The molecule has 1 saturated carbocycles. The SMILES string of the molecule is CCOCc1cccc(C[C@H](O)/C=C/[C@H]2[C@H](O)CC(=O)[C@@H]2C/C=C\CCCC(=O)O)c1. The Morgan fingerprint density at radius 1 is 1.29 bits per heavy atom. The molecule has 1 aromatic rings. The first-order valence-corrected chi connectivity index (χ1v) is 11.0. The van der Waals surface area contributed by atoms with Gasteiger partial charge >= 0.3 is 5.97 Å². The summed E-state index contributed by atoms with van der Waals surface area (Å²) in [5.41, 5.74) is 2.06. The van der Waals surface area contributed by atoms with Gasteiger partial charge in [-0.25, -0.2) is 0 Å². The van der Waals surface area contributed by atoms with Crippen LogP contribution in [0.1, 0.15) is 50.2 Å². The van der Waals surface area contributed by atoms with Crippen molar-refractivity contribution in [2.75, 3.05) is 6.61 Å². The molecular weight excluding hydrogens is 396 g/mol. The van der Waals surface area contributed by atoms with Gasteiger partial charge in [0.1, 0.15) is 5.78 Å². The van der Waals surface area contributed by atoms with Gasteiger partial charge in [0.2, 0.25) is 0 Å². The number of aliphatic hydroxyl groups excluding tert-OH is 2.